The maximum Gasteiger partial charge on any atom is 0.0575 e. The summed E-state index contributed by atoms with van der Waals surface area (Å²) in [5.74, 6) is 0. The number of hydrogen-bond acceptors (Lipinski definition) is 2. The molecule has 1 fully saturated rings. The van der Waals surface area contributed by atoms with Gasteiger partial charge in [-0.1, -0.05) is 12.8 Å². The second kappa shape index (κ2) is 4.69. The Hall–Kier alpha value is -0.0800. The molecule has 0 aromatic heterocycles. The van der Waals surface area contributed by atoms with Gasteiger partial charge >= 0.3 is 0 Å². The first-order valence-corrected chi connectivity index (χ1v) is 4.25. The lowest BCUT2D eigenvalue weighted by atomic mass is 10.3. The fourth-order valence-corrected chi connectivity index (χ4v) is 1.39. The van der Waals surface area contributed by atoms with Crippen molar-refractivity contribution in [3.05, 3.63) is 0 Å². The van der Waals surface area contributed by atoms with Crippen molar-refractivity contribution in [3.63, 3.8) is 0 Å². The Morgan fingerprint density at radius 1 is 1.30 bits per heavy atom. The Morgan fingerprint density at radius 2 is 2.00 bits per heavy atom. The van der Waals surface area contributed by atoms with Crippen LogP contribution in [-0.2, 0) is 4.74 Å². The van der Waals surface area contributed by atoms with Crippen molar-refractivity contribution in [1.29, 1.82) is 0 Å². The van der Waals surface area contributed by atoms with Crippen molar-refractivity contribution in [2.75, 3.05) is 13.2 Å². The normalized spacial score (nSPS) is 20.1. The highest BCUT2D eigenvalue weighted by Crippen LogP contribution is 2.20. The molecule has 2 heteroatoms. The van der Waals surface area contributed by atoms with E-state index in [2.05, 4.69) is 0 Å². The van der Waals surface area contributed by atoms with E-state index in [-0.39, 0.29) is 0 Å². The fraction of sp³-hybridized carbons (Fsp3) is 1.00. The Labute approximate surface area is 62.7 Å². The van der Waals surface area contributed by atoms with Gasteiger partial charge in [0, 0.05) is 6.61 Å². The molecule has 0 amide bonds. The van der Waals surface area contributed by atoms with Crippen LogP contribution in [0.5, 0.6) is 0 Å². The first kappa shape index (κ1) is 8.02. The molecular weight excluding hydrogens is 126 g/mol. The van der Waals surface area contributed by atoms with E-state index in [1.807, 2.05) is 0 Å². The van der Waals surface area contributed by atoms with Crippen molar-refractivity contribution < 1.29 is 4.74 Å². The molecule has 0 bridgehead atoms. The summed E-state index contributed by atoms with van der Waals surface area (Å²) < 4.78 is 5.56. The molecule has 0 unspecified atom stereocenters. The number of rotatable bonds is 4. The van der Waals surface area contributed by atoms with Crippen LogP contribution >= 0.6 is 0 Å². The van der Waals surface area contributed by atoms with Crippen LogP contribution in [0.1, 0.15) is 32.1 Å². The third-order valence-electron chi connectivity index (χ3n) is 2.00. The van der Waals surface area contributed by atoms with E-state index in [9.17, 15) is 0 Å². The van der Waals surface area contributed by atoms with Crippen LogP contribution in [0.4, 0.5) is 0 Å². The van der Waals surface area contributed by atoms with Gasteiger partial charge in [-0.3, -0.25) is 0 Å². The molecule has 10 heavy (non-hydrogen) atoms. The molecule has 1 aliphatic rings. The van der Waals surface area contributed by atoms with Crippen LogP contribution < -0.4 is 5.73 Å². The molecule has 0 aliphatic heterocycles. The zero-order valence-corrected chi connectivity index (χ0v) is 6.51. The first-order chi connectivity index (χ1) is 4.93. The summed E-state index contributed by atoms with van der Waals surface area (Å²) in [4.78, 5) is 0. The highest BCUT2D eigenvalue weighted by atomic mass is 16.5. The summed E-state index contributed by atoms with van der Waals surface area (Å²) in [7, 11) is 0. The summed E-state index contributed by atoms with van der Waals surface area (Å²) in [6.07, 6.45) is 6.82. The number of ether oxygens (including phenoxy) is 1. The van der Waals surface area contributed by atoms with Crippen LogP contribution in [0.25, 0.3) is 0 Å². The van der Waals surface area contributed by atoms with E-state index in [1.165, 1.54) is 25.7 Å². The second-order valence-electron chi connectivity index (χ2n) is 2.92. The van der Waals surface area contributed by atoms with Gasteiger partial charge < -0.3 is 10.5 Å². The highest BCUT2D eigenvalue weighted by molar-refractivity contribution is 4.66. The minimum atomic E-state index is 0.562. The third-order valence-corrected chi connectivity index (χ3v) is 2.00. The van der Waals surface area contributed by atoms with E-state index in [0.29, 0.717) is 6.10 Å². The van der Waals surface area contributed by atoms with Crippen molar-refractivity contribution in [2.24, 2.45) is 5.73 Å². The average molecular weight is 143 g/mol. The SMILES string of the molecule is NCCCOC1CCCC1. The third kappa shape index (κ3) is 2.67. The highest BCUT2D eigenvalue weighted by Gasteiger charge is 2.14. The molecule has 1 rings (SSSR count). The van der Waals surface area contributed by atoms with E-state index in [4.69, 9.17) is 10.5 Å². The van der Waals surface area contributed by atoms with E-state index < -0.39 is 0 Å². The smallest absolute Gasteiger partial charge is 0.0575 e. The van der Waals surface area contributed by atoms with Crippen LogP contribution in [0.2, 0.25) is 0 Å². The summed E-state index contributed by atoms with van der Waals surface area (Å²) >= 11 is 0. The Kier molecular flexibility index (Phi) is 3.76. The van der Waals surface area contributed by atoms with Crippen molar-refractivity contribution in [3.8, 4) is 0 Å². The Morgan fingerprint density at radius 3 is 2.60 bits per heavy atom. The molecule has 1 aliphatic carbocycles. The van der Waals surface area contributed by atoms with Gasteiger partial charge in [0.05, 0.1) is 6.10 Å². The lowest BCUT2D eigenvalue weighted by Crippen LogP contribution is -2.11. The number of nitrogens with two attached hydrogens (primary N) is 1. The molecule has 0 radical (unpaired) electrons. The van der Waals surface area contributed by atoms with Crippen LogP contribution in [-0.4, -0.2) is 19.3 Å². The second-order valence-corrected chi connectivity index (χ2v) is 2.92. The van der Waals surface area contributed by atoms with Crippen LogP contribution in [0.3, 0.4) is 0 Å². The predicted molar refractivity (Wildman–Crippen MR) is 41.9 cm³/mol. The maximum absolute atomic E-state index is 5.56. The average Bonchev–Trinajstić information content (AvgIpc) is 2.41. The maximum atomic E-state index is 5.56. The molecule has 2 N–H and O–H groups in total. The van der Waals surface area contributed by atoms with Gasteiger partial charge in [-0.15, -0.1) is 0 Å². The van der Waals surface area contributed by atoms with Crippen molar-refractivity contribution in [1.82, 2.24) is 0 Å². The standard InChI is InChI=1S/C8H17NO/c9-6-3-7-10-8-4-1-2-5-8/h8H,1-7,9H2. The van der Waals surface area contributed by atoms with Gasteiger partial charge in [0.25, 0.3) is 0 Å². The Balaban J connectivity index is 1.91. The zero-order valence-electron chi connectivity index (χ0n) is 6.51. The molecule has 0 saturated heterocycles. The molecule has 1 saturated carbocycles. The molecule has 2 nitrogen and oxygen atoms in total. The van der Waals surface area contributed by atoms with Crippen molar-refractivity contribution >= 4 is 0 Å². The molecular formula is C8H17NO. The molecule has 0 atom stereocenters. The van der Waals surface area contributed by atoms with Gasteiger partial charge in [-0.2, -0.15) is 0 Å². The Bertz CT molecular complexity index is 79.3. The largest absolute Gasteiger partial charge is 0.378 e. The van der Waals surface area contributed by atoms with E-state index >= 15 is 0 Å². The lowest BCUT2D eigenvalue weighted by molar-refractivity contribution is 0.0579. The molecule has 0 aromatic rings. The minimum Gasteiger partial charge on any atom is -0.378 e. The fourth-order valence-electron chi connectivity index (χ4n) is 1.39. The van der Waals surface area contributed by atoms with Gasteiger partial charge in [-0.05, 0) is 25.8 Å². The molecule has 60 valence electrons. The summed E-state index contributed by atoms with van der Waals surface area (Å²) in [6.45, 7) is 1.62. The molecule has 0 aromatic carbocycles. The topological polar surface area (TPSA) is 35.2 Å². The zero-order chi connectivity index (χ0) is 7.23. The predicted octanol–water partition coefficient (Wildman–Crippen LogP) is 1.29. The van der Waals surface area contributed by atoms with E-state index in [0.717, 1.165) is 19.6 Å². The lowest BCUT2D eigenvalue weighted by Gasteiger charge is -2.09. The van der Waals surface area contributed by atoms with Crippen LogP contribution in [0.15, 0.2) is 0 Å². The summed E-state index contributed by atoms with van der Waals surface area (Å²) in [5, 5.41) is 0. The van der Waals surface area contributed by atoms with Gasteiger partial charge in [0.2, 0.25) is 0 Å². The van der Waals surface area contributed by atoms with E-state index in [1.54, 1.807) is 0 Å². The minimum absolute atomic E-state index is 0.562. The molecule has 0 heterocycles. The van der Waals surface area contributed by atoms with Crippen LogP contribution in [0, 0.1) is 0 Å². The molecule has 0 spiro atoms. The van der Waals surface area contributed by atoms with Gasteiger partial charge in [0.15, 0.2) is 0 Å². The van der Waals surface area contributed by atoms with Gasteiger partial charge in [-0.25, -0.2) is 0 Å². The monoisotopic (exact) mass is 143 g/mol. The quantitative estimate of drug-likeness (QED) is 0.602. The summed E-state index contributed by atoms with van der Waals surface area (Å²) in [6, 6.07) is 0. The first-order valence-electron chi connectivity index (χ1n) is 4.25. The summed E-state index contributed by atoms with van der Waals surface area (Å²) in [5.41, 5.74) is 5.33. The van der Waals surface area contributed by atoms with Gasteiger partial charge in [0.1, 0.15) is 0 Å². The number of hydrogen-bond donors (Lipinski definition) is 1. The van der Waals surface area contributed by atoms with Crippen molar-refractivity contribution in [2.45, 2.75) is 38.2 Å².